The number of H-pyrrole nitrogens is 1. The van der Waals surface area contributed by atoms with Gasteiger partial charge in [0.15, 0.2) is 0 Å². The van der Waals surface area contributed by atoms with E-state index in [2.05, 4.69) is 77.8 Å². The molecule has 0 aliphatic carbocycles. The lowest BCUT2D eigenvalue weighted by Crippen LogP contribution is -2.56. The van der Waals surface area contributed by atoms with E-state index >= 15 is 0 Å². The van der Waals surface area contributed by atoms with Crippen molar-refractivity contribution in [2.45, 2.75) is 20.8 Å². The summed E-state index contributed by atoms with van der Waals surface area (Å²) >= 11 is 0. The van der Waals surface area contributed by atoms with Crippen molar-refractivity contribution in [3.8, 4) is 33.6 Å². The number of imidazole rings is 1. The van der Waals surface area contributed by atoms with Gasteiger partial charge in [0.25, 0.3) is 0 Å². The normalized spacial score (nSPS) is 11.8. The van der Waals surface area contributed by atoms with Crippen LogP contribution in [0.1, 0.15) is 20.8 Å². The lowest BCUT2D eigenvalue weighted by molar-refractivity contribution is 0.0859. The summed E-state index contributed by atoms with van der Waals surface area (Å²) < 4.78 is 18.1. The van der Waals surface area contributed by atoms with Crippen LogP contribution < -0.4 is 5.19 Å². The van der Waals surface area contributed by atoms with Gasteiger partial charge in [0.2, 0.25) is 0 Å². The Morgan fingerprint density at radius 3 is 1.46 bits per heavy atom. The molecule has 0 radical (unpaired) electrons. The molecular formula is C31H32N2O3Si. The number of aromatic amines is 1. The van der Waals surface area contributed by atoms with E-state index in [9.17, 15) is 0 Å². The van der Waals surface area contributed by atoms with E-state index in [-0.39, 0.29) is 0 Å². The minimum Gasteiger partial charge on any atom is -0.370 e. The molecule has 0 amide bonds. The maximum Gasteiger partial charge on any atom is 0.537 e. The number of hydrogen-bond acceptors (Lipinski definition) is 4. The molecule has 188 valence electrons. The largest absolute Gasteiger partial charge is 0.537 e. The van der Waals surface area contributed by atoms with Crippen LogP contribution in [0.15, 0.2) is 97.1 Å². The molecule has 0 saturated carbocycles. The van der Waals surface area contributed by atoms with E-state index in [1.54, 1.807) is 0 Å². The first-order valence-electron chi connectivity index (χ1n) is 12.8. The van der Waals surface area contributed by atoms with Crippen molar-refractivity contribution in [1.29, 1.82) is 0 Å². The Hall–Kier alpha value is -3.55. The second-order valence-electron chi connectivity index (χ2n) is 8.69. The van der Waals surface area contributed by atoms with Gasteiger partial charge in [-0.2, -0.15) is 0 Å². The molecule has 1 N–H and O–H groups in total. The van der Waals surface area contributed by atoms with Gasteiger partial charge in [0, 0.05) is 30.6 Å². The van der Waals surface area contributed by atoms with Gasteiger partial charge >= 0.3 is 8.80 Å². The first-order valence-corrected chi connectivity index (χ1v) is 14.6. The minimum atomic E-state index is -2.89. The van der Waals surface area contributed by atoms with Crippen LogP contribution in [0, 0.1) is 0 Å². The Kier molecular flexibility index (Phi) is 7.62. The summed E-state index contributed by atoms with van der Waals surface area (Å²) in [5.74, 6) is 0.886. The zero-order valence-corrected chi connectivity index (χ0v) is 22.5. The van der Waals surface area contributed by atoms with Crippen LogP contribution in [0.2, 0.25) is 0 Å². The fraction of sp³-hybridized carbons (Fsp3) is 0.194. The summed E-state index contributed by atoms with van der Waals surface area (Å²) in [6.07, 6.45) is 0. The van der Waals surface area contributed by atoms with Gasteiger partial charge in [-0.3, -0.25) is 0 Å². The Morgan fingerprint density at radius 2 is 1.00 bits per heavy atom. The van der Waals surface area contributed by atoms with E-state index < -0.39 is 8.80 Å². The molecule has 0 spiro atoms. The highest BCUT2D eigenvalue weighted by Crippen LogP contribution is 2.27. The van der Waals surface area contributed by atoms with E-state index in [4.69, 9.17) is 18.3 Å². The van der Waals surface area contributed by atoms with Gasteiger partial charge < -0.3 is 18.3 Å². The van der Waals surface area contributed by atoms with Crippen LogP contribution in [-0.2, 0) is 13.3 Å². The molecule has 0 aliphatic rings. The number of para-hydroxylation sites is 2. The van der Waals surface area contributed by atoms with E-state index in [1.807, 2.05) is 45.0 Å². The molecule has 5 rings (SSSR count). The van der Waals surface area contributed by atoms with Crippen LogP contribution >= 0.6 is 0 Å². The molecule has 6 heteroatoms. The molecule has 0 aliphatic heterocycles. The van der Waals surface area contributed by atoms with E-state index in [0.717, 1.165) is 38.7 Å². The second-order valence-corrected chi connectivity index (χ2v) is 11.2. The van der Waals surface area contributed by atoms with E-state index in [0.29, 0.717) is 19.8 Å². The summed E-state index contributed by atoms with van der Waals surface area (Å²) in [5.41, 5.74) is 7.74. The molecule has 0 unspecified atom stereocenters. The molecular weight excluding hydrogens is 476 g/mol. The van der Waals surface area contributed by atoms with Crippen molar-refractivity contribution < 1.29 is 13.3 Å². The molecule has 0 bridgehead atoms. The predicted octanol–water partition coefficient (Wildman–Crippen LogP) is 6.82. The fourth-order valence-electron chi connectivity index (χ4n) is 4.58. The number of nitrogens with zero attached hydrogens (tertiary/aromatic N) is 1. The quantitative estimate of drug-likeness (QED) is 0.210. The molecule has 37 heavy (non-hydrogen) atoms. The highest BCUT2D eigenvalue weighted by molar-refractivity contribution is 6.75. The van der Waals surface area contributed by atoms with Gasteiger partial charge in [0.1, 0.15) is 5.82 Å². The lowest BCUT2D eigenvalue weighted by atomic mass is 9.99. The van der Waals surface area contributed by atoms with Gasteiger partial charge in [-0.05, 0) is 55.2 Å². The smallest absolute Gasteiger partial charge is 0.370 e. The van der Waals surface area contributed by atoms with Crippen molar-refractivity contribution in [2.75, 3.05) is 19.8 Å². The summed E-state index contributed by atoms with van der Waals surface area (Å²) in [4.78, 5) is 8.10. The average molecular weight is 509 g/mol. The van der Waals surface area contributed by atoms with Crippen molar-refractivity contribution in [3.63, 3.8) is 0 Å². The van der Waals surface area contributed by atoms with Crippen LogP contribution in [0.3, 0.4) is 0 Å². The third kappa shape index (κ3) is 5.28. The molecule has 0 atom stereocenters. The molecule has 5 nitrogen and oxygen atoms in total. The van der Waals surface area contributed by atoms with Crippen LogP contribution in [0.5, 0.6) is 0 Å². The van der Waals surface area contributed by atoms with Crippen LogP contribution in [0.25, 0.3) is 44.7 Å². The second kappa shape index (κ2) is 11.2. The van der Waals surface area contributed by atoms with Gasteiger partial charge in [-0.1, -0.05) is 84.9 Å². The van der Waals surface area contributed by atoms with Gasteiger partial charge in [-0.15, -0.1) is 0 Å². The SMILES string of the molecule is CCO[Si](OCC)(OCC)c1ccc(-c2ccc(-c3ccc(-c4nc5ccccc5[nH]4)cc3)cc2)cc1. The molecule has 4 aromatic carbocycles. The molecule has 1 aromatic heterocycles. The van der Waals surface area contributed by atoms with Crippen LogP contribution in [-0.4, -0.2) is 38.6 Å². The molecule has 5 aromatic rings. The first-order chi connectivity index (χ1) is 18.2. The predicted molar refractivity (Wildman–Crippen MR) is 153 cm³/mol. The summed E-state index contributed by atoms with van der Waals surface area (Å²) in [7, 11) is -2.89. The van der Waals surface area contributed by atoms with Crippen molar-refractivity contribution in [3.05, 3.63) is 97.1 Å². The third-order valence-electron chi connectivity index (χ3n) is 6.34. The maximum atomic E-state index is 6.05. The number of hydrogen-bond donors (Lipinski definition) is 1. The van der Waals surface area contributed by atoms with Crippen molar-refractivity contribution in [2.24, 2.45) is 0 Å². The van der Waals surface area contributed by atoms with Crippen molar-refractivity contribution in [1.82, 2.24) is 9.97 Å². The third-order valence-corrected chi connectivity index (χ3v) is 9.39. The fourth-order valence-corrected chi connectivity index (χ4v) is 7.04. The Labute approximate surface area is 219 Å². The highest BCUT2D eigenvalue weighted by Gasteiger charge is 2.43. The summed E-state index contributed by atoms with van der Waals surface area (Å²) in [6, 6.07) is 33.7. The Morgan fingerprint density at radius 1 is 0.568 bits per heavy atom. The van der Waals surface area contributed by atoms with Gasteiger partial charge in [-0.25, -0.2) is 4.98 Å². The zero-order chi connectivity index (χ0) is 25.7. The maximum absolute atomic E-state index is 6.05. The zero-order valence-electron chi connectivity index (χ0n) is 21.5. The number of benzene rings is 4. The number of rotatable bonds is 10. The van der Waals surface area contributed by atoms with E-state index in [1.165, 1.54) is 11.1 Å². The number of fused-ring (bicyclic) bond motifs is 1. The number of nitrogens with one attached hydrogen (secondary N) is 1. The minimum absolute atomic E-state index is 0.550. The molecule has 0 fully saturated rings. The van der Waals surface area contributed by atoms with Gasteiger partial charge in [0.05, 0.1) is 11.0 Å². The topological polar surface area (TPSA) is 56.4 Å². The molecule has 1 heterocycles. The summed E-state index contributed by atoms with van der Waals surface area (Å²) in [6.45, 7) is 7.57. The Bertz CT molecular complexity index is 1400. The lowest BCUT2D eigenvalue weighted by Gasteiger charge is -2.28. The molecule has 0 saturated heterocycles. The first kappa shape index (κ1) is 25.1. The average Bonchev–Trinajstić information content (AvgIpc) is 3.38. The van der Waals surface area contributed by atoms with Crippen LogP contribution in [0.4, 0.5) is 0 Å². The Balaban J connectivity index is 1.33. The number of aromatic nitrogens is 2. The monoisotopic (exact) mass is 508 g/mol. The standard InChI is InChI=1S/C31H32N2O3Si/c1-4-34-37(35-5-2,36-6-3)28-21-19-26(20-22-28)24-13-11-23(12-14-24)25-15-17-27(18-16-25)31-32-29-9-7-8-10-30(29)33-31/h7-22H,4-6H2,1-3H3,(H,32,33). The highest BCUT2D eigenvalue weighted by atomic mass is 28.4. The summed E-state index contributed by atoms with van der Waals surface area (Å²) in [5, 5.41) is 0.989. The van der Waals surface area contributed by atoms with Crippen molar-refractivity contribution >= 4 is 25.0 Å².